The molecule has 3 aromatic carbocycles. The summed E-state index contributed by atoms with van der Waals surface area (Å²) >= 11 is 6.38. The van der Waals surface area contributed by atoms with Crippen molar-refractivity contribution in [1.29, 1.82) is 5.26 Å². The molecular formula is C33H30ClF3N6O2. The molecule has 45 heavy (non-hydrogen) atoms. The fourth-order valence-electron chi connectivity index (χ4n) is 6.29. The highest BCUT2D eigenvalue weighted by atomic mass is 35.5. The third-order valence-electron chi connectivity index (χ3n) is 8.60. The molecular weight excluding hydrogens is 605 g/mol. The van der Waals surface area contributed by atoms with Crippen LogP contribution in [0, 0.1) is 23.0 Å². The van der Waals surface area contributed by atoms with E-state index in [4.69, 9.17) is 16.3 Å². The molecule has 2 aliphatic rings. The van der Waals surface area contributed by atoms with Crippen molar-refractivity contribution in [3.63, 3.8) is 0 Å². The number of anilines is 1. The van der Waals surface area contributed by atoms with Crippen LogP contribution in [-0.2, 0) is 4.79 Å². The number of halogens is 4. The van der Waals surface area contributed by atoms with Gasteiger partial charge in [-0.05, 0) is 42.6 Å². The third kappa shape index (κ3) is 5.76. The molecule has 2 aliphatic heterocycles. The highest BCUT2D eigenvalue weighted by Crippen LogP contribution is 2.39. The van der Waals surface area contributed by atoms with Gasteiger partial charge in [0.2, 0.25) is 5.91 Å². The molecule has 3 heterocycles. The van der Waals surface area contributed by atoms with Crippen molar-refractivity contribution in [3.8, 4) is 23.2 Å². The Morgan fingerprint density at radius 1 is 1.13 bits per heavy atom. The van der Waals surface area contributed by atoms with E-state index in [1.54, 1.807) is 41.3 Å². The molecule has 232 valence electrons. The standard InChI is InChI=1S/C33H30ClF3N6O2/c1-3-27(44)43-14-13-42(17-21(43)11-12-38)32-25-9-8-24(23-6-4-5-19-7-10-26(36)29(34)28(19)23)30(37)31(25)39-33(40-32)45-18-22-15-20(35)16-41(22)2/h3-10,20-22H,1,11,13-18H2,2H3/t20-,21+,22+/m1/s1. The van der Waals surface area contributed by atoms with Gasteiger partial charge in [-0.25, -0.2) is 13.2 Å². The lowest BCUT2D eigenvalue weighted by molar-refractivity contribution is -0.128. The van der Waals surface area contributed by atoms with Crippen molar-refractivity contribution >= 4 is 45.0 Å². The number of alkyl halides is 1. The van der Waals surface area contributed by atoms with E-state index in [9.17, 15) is 18.8 Å². The van der Waals surface area contributed by atoms with Crippen LogP contribution in [0.4, 0.5) is 19.0 Å². The number of benzene rings is 3. The van der Waals surface area contributed by atoms with Crippen LogP contribution in [0.2, 0.25) is 5.02 Å². The van der Waals surface area contributed by atoms with Crippen LogP contribution in [0.5, 0.6) is 6.01 Å². The van der Waals surface area contributed by atoms with Crippen LogP contribution in [-0.4, -0.2) is 83.8 Å². The normalized spacial score (nSPS) is 20.5. The predicted molar refractivity (Wildman–Crippen MR) is 167 cm³/mol. The summed E-state index contributed by atoms with van der Waals surface area (Å²) in [5.74, 6) is -1.20. The number of ether oxygens (including phenoxy) is 1. The Hall–Kier alpha value is -4.40. The number of piperazine rings is 1. The number of rotatable bonds is 7. The van der Waals surface area contributed by atoms with Gasteiger partial charge in [-0.3, -0.25) is 9.69 Å². The summed E-state index contributed by atoms with van der Waals surface area (Å²) in [5.41, 5.74) is 0.531. The van der Waals surface area contributed by atoms with Crippen LogP contribution in [0.3, 0.4) is 0 Å². The van der Waals surface area contributed by atoms with Gasteiger partial charge in [0.25, 0.3) is 0 Å². The lowest BCUT2D eigenvalue weighted by atomic mass is 9.96. The van der Waals surface area contributed by atoms with E-state index in [1.165, 1.54) is 12.1 Å². The molecule has 0 N–H and O–H groups in total. The Morgan fingerprint density at radius 3 is 2.69 bits per heavy atom. The zero-order valence-electron chi connectivity index (χ0n) is 24.5. The fourth-order valence-corrected chi connectivity index (χ4v) is 6.56. The monoisotopic (exact) mass is 634 g/mol. The first-order valence-electron chi connectivity index (χ1n) is 14.6. The van der Waals surface area contributed by atoms with Gasteiger partial charge in [-0.15, -0.1) is 0 Å². The van der Waals surface area contributed by atoms with E-state index in [1.807, 2.05) is 16.8 Å². The minimum absolute atomic E-state index is 0.0263. The van der Waals surface area contributed by atoms with Crippen molar-refractivity contribution < 1.29 is 22.7 Å². The van der Waals surface area contributed by atoms with Gasteiger partial charge in [0.05, 0.1) is 23.6 Å². The van der Waals surface area contributed by atoms with Gasteiger partial charge < -0.3 is 14.5 Å². The number of fused-ring (bicyclic) bond motifs is 2. The number of carbonyl (C=O) groups is 1. The quantitative estimate of drug-likeness (QED) is 0.233. The van der Waals surface area contributed by atoms with Crippen LogP contribution in [0.1, 0.15) is 12.8 Å². The number of likely N-dealkylation sites (N-methyl/N-ethyl adjacent to an activating group) is 1. The first-order chi connectivity index (χ1) is 21.7. The summed E-state index contributed by atoms with van der Waals surface area (Å²) in [6.07, 6.45) is 0.623. The molecule has 4 aromatic rings. The van der Waals surface area contributed by atoms with Gasteiger partial charge in [-0.2, -0.15) is 15.2 Å². The summed E-state index contributed by atoms with van der Waals surface area (Å²) < 4.78 is 51.2. The number of amides is 1. The summed E-state index contributed by atoms with van der Waals surface area (Å²) in [7, 11) is 1.81. The third-order valence-corrected chi connectivity index (χ3v) is 8.97. The first-order valence-corrected chi connectivity index (χ1v) is 15.0. The molecule has 0 spiro atoms. The molecule has 0 bridgehead atoms. The summed E-state index contributed by atoms with van der Waals surface area (Å²) in [6.45, 7) is 4.87. The molecule has 0 saturated carbocycles. The Balaban J connectivity index is 1.46. The van der Waals surface area contributed by atoms with Crippen LogP contribution in [0.15, 0.2) is 55.1 Å². The first kappa shape index (κ1) is 30.6. The SMILES string of the molecule is C=CC(=O)N1CCN(c2nc(OC[C@@H]3C[C@@H](F)CN3C)nc3c(F)c(-c4cccc5ccc(F)c(Cl)c45)ccc23)C[C@@H]1CC#N. The molecule has 0 aliphatic carbocycles. The van der Waals surface area contributed by atoms with Crippen molar-refractivity contribution in [2.24, 2.45) is 0 Å². The van der Waals surface area contributed by atoms with Crippen LogP contribution >= 0.6 is 11.6 Å². The smallest absolute Gasteiger partial charge is 0.319 e. The number of hydrogen-bond donors (Lipinski definition) is 0. The molecule has 2 saturated heterocycles. The number of carbonyl (C=O) groups excluding carboxylic acids is 1. The molecule has 6 rings (SSSR count). The van der Waals surface area contributed by atoms with E-state index in [0.717, 1.165) is 0 Å². The highest BCUT2D eigenvalue weighted by molar-refractivity contribution is 6.37. The van der Waals surface area contributed by atoms with Crippen molar-refractivity contribution in [3.05, 3.63) is 71.8 Å². The van der Waals surface area contributed by atoms with Crippen LogP contribution in [0.25, 0.3) is 32.8 Å². The maximum Gasteiger partial charge on any atom is 0.319 e. The number of hydrogen-bond acceptors (Lipinski definition) is 7. The van der Waals surface area contributed by atoms with E-state index in [2.05, 4.69) is 22.6 Å². The lowest BCUT2D eigenvalue weighted by Crippen LogP contribution is -2.55. The zero-order chi connectivity index (χ0) is 31.8. The lowest BCUT2D eigenvalue weighted by Gasteiger charge is -2.41. The summed E-state index contributed by atoms with van der Waals surface area (Å²) in [5, 5.41) is 10.8. The van der Waals surface area contributed by atoms with Gasteiger partial charge in [0.15, 0.2) is 5.82 Å². The van der Waals surface area contributed by atoms with E-state index in [-0.39, 0.29) is 60.2 Å². The van der Waals surface area contributed by atoms with Gasteiger partial charge in [-0.1, -0.05) is 48.5 Å². The molecule has 2 fully saturated rings. The minimum Gasteiger partial charge on any atom is -0.462 e. The largest absolute Gasteiger partial charge is 0.462 e. The van der Waals surface area contributed by atoms with Crippen LogP contribution < -0.4 is 9.64 Å². The average molecular weight is 635 g/mol. The van der Waals surface area contributed by atoms with Gasteiger partial charge in [0.1, 0.15) is 29.9 Å². The predicted octanol–water partition coefficient (Wildman–Crippen LogP) is 5.92. The molecule has 0 unspecified atom stereocenters. The Morgan fingerprint density at radius 2 is 1.96 bits per heavy atom. The Bertz CT molecular complexity index is 1850. The average Bonchev–Trinajstić information content (AvgIpc) is 3.37. The maximum absolute atomic E-state index is 16.6. The van der Waals surface area contributed by atoms with Crippen molar-refractivity contribution in [2.45, 2.75) is 31.1 Å². The molecule has 1 aromatic heterocycles. The van der Waals surface area contributed by atoms with E-state index in [0.29, 0.717) is 47.1 Å². The van der Waals surface area contributed by atoms with Gasteiger partial charge >= 0.3 is 6.01 Å². The Kier molecular flexibility index (Phi) is 8.53. The number of nitriles is 1. The number of likely N-dealkylation sites (tertiary alicyclic amines) is 1. The minimum atomic E-state index is -0.972. The topological polar surface area (TPSA) is 85.6 Å². The number of nitrogens with zero attached hydrogens (tertiary/aromatic N) is 6. The van der Waals surface area contributed by atoms with Crippen molar-refractivity contribution in [2.75, 3.05) is 44.7 Å². The molecule has 8 nitrogen and oxygen atoms in total. The zero-order valence-corrected chi connectivity index (χ0v) is 25.3. The van der Waals surface area contributed by atoms with E-state index >= 15 is 4.39 Å². The maximum atomic E-state index is 16.6. The van der Waals surface area contributed by atoms with E-state index < -0.39 is 23.8 Å². The molecule has 1 amide bonds. The summed E-state index contributed by atoms with van der Waals surface area (Å²) in [4.78, 5) is 27.0. The number of aromatic nitrogens is 2. The molecule has 12 heteroatoms. The summed E-state index contributed by atoms with van der Waals surface area (Å²) in [6, 6.07) is 12.7. The molecule has 3 atom stereocenters. The fraction of sp³-hybridized carbons (Fsp3) is 0.333. The molecule has 0 radical (unpaired) electrons. The van der Waals surface area contributed by atoms with Crippen molar-refractivity contribution in [1.82, 2.24) is 19.8 Å². The second-order valence-electron chi connectivity index (χ2n) is 11.4. The Labute approximate surface area is 263 Å². The van der Waals surface area contributed by atoms with Gasteiger partial charge in [0, 0.05) is 48.6 Å². The second kappa shape index (κ2) is 12.5. The second-order valence-corrected chi connectivity index (χ2v) is 11.7. The highest BCUT2D eigenvalue weighted by Gasteiger charge is 2.33.